The van der Waals surface area contributed by atoms with Crippen molar-refractivity contribution in [3.8, 4) is 0 Å². The molecule has 0 aromatic carbocycles. The van der Waals surface area contributed by atoms with Gasteiger partial charge < -0.3 is 10.7 Å². The zero-order valence-electron chi connectivity index (χ0n) is 6.48. The second-order valence-corrected chi connectivity index (χ2v) is 2.98. The van der Waals surface area contributed by atoms with Crippen LogP contribution in [0.2, 0.25) is 0 Å². The van der Waals surface area contributed by atoms with E-state index in [4.69, 9.17) is 5.73 Å². The van der Waals surface area contributed by atoms with Crippen molar-refractivity contribution in [2.24, 2.45) is 0 Å². The summed E-state index contributed by atoms with van der Waals surface area (Å²) in [5.41, 5.74) is 4.67. The number of anilines is 1. The molecular formula is C7H7BrF2N2O. The van der Waals surface area contributed by atoms with E-state index in [9.17, 15) is 13.6 Å². The van der Waals surface area contributed by atoms with Gasteiger partial charge in [0.25, 0.3) is 6.43 Å². The van der Waals surface area contributed by atoms with E-state index in [1.165, 1.54) is 0 Å². The lowest BCUT2D eigenvalue weighted by atomic mass is 10.2. The van der Waals surface area contributed by atoms with Crippen LogP contribution in [-0.4, -0.2) is 4.98 Å². The van der Waals surface area contributed by atoms with Crippen molar-refractivity contribution in [1.82, 2.24) is 4.98 Å². The Hall–Kier alpha value is -0.910. The van der Waals surface area contributed by atoms with Crippen LogP contribution in [0.25, 0.3) is 0 Å². The first-order chi connectivity index (χ1) is 6.06. The molecule has 0 bridgehead atoms. The molecule has 3 N–H and O–H groups in total. The molecule has 1 heterocycles. The average Bonchev–Trinajstić information content (AvgIpc) is 2.02. The molecule has 0 radical (unpaired) electrons. The molecule has 0 saturated carbocycles. The molecule has 0 spiro atoms. The van der Waals surface area contributed by atoms with E-state index in [2.05, 4.69) is 20.9 Å². The lowest BCUT2D eigenvalue weighted by Crippen LogP contribution is -2.13. The maximum atomic E-state index is 12.3. The normalized spacial score (nSPS) is 10.8. The Morgan fingerprint density at radius 2 is 2.23 bits per heavy atom. The third-order valence-corrected chi connectivity index (χ3v) is 2.13. The quantitative estimate of drug-likeness (QED) is 0.789. The van der Waals surface area contributed by atoms with E-state index < -0.39 is 17.7 Å². The summed E-state index contributed by atoms with van der Waals surface area (Å²) < 4.78 is 24.7. The number of halogens is 3. The van der Waals surface area contributed by atoms with Gasteiger partial charge in [-0.3, -0.25) is 4.79 Å². The third kappa shape index (κ3) is 2.06. The maximum Gasteiger partial charge on any atom is 0.278 e. The number of aromatic nitrogens is 1. The highest BCUT2D eigenvalue weighted by molar-refractivity contribution is 9.08. The van der Waals surface area contributed by atoms with Crippen LogP contribution in [0.5, 0.6) is 0 Å². The summed E-state index contributed by atoms with van der Waals surface area (Å²) in [6.07, 6.45) is -2.72. The van der Waals surface area contributed by atoms with E-state index >= 15 is 0 Å². The first-order valence-corrected chi connectivity index (χ1v) is 4.54. The SMILES string of the molecule is Nc1cc(=O)[nH]c(C(F)F)c1CBr. The van der Waals surface area contributed by atoms with E-state index in [0.717, 1.165) is 6.07 Å². The Morgan fingerprint density at radius 1 is 1.62 bits per heavy atom. The highest BCUT2D eigenvalue weighted by atomic mass is 79.9. The van der Waals surface area contributed by atoms with Gasteiger partial charge in [0.05, 0.1) is 5.69 Å². The van der Waals surface area contributed by atoms with Crippen molar-refractivity contribution in [2.45, 2.75) is 11.8 Å². The predicted molar refractivity (Wildman–Crippen MR) is 49.1 cm³/mol. The zero-order valence-corrected chi connectivity index (χ0v) is 8.07. The van der Waals surface area contributed by atoms with Crippen LogP contribution in [0, 0.1) is 0 Å². The van der Waals surface area contributed by atoms with Crippen molar-refractivity contribution >= 4 is 21.6 Å². The minimum absolute atomic E-state index is 0.0796. The number of aromatic amines is 1. The van der Waals surface area contributed by atoms with Crippen molar-refractivity contribution in [2.75, 3.05) is 5.73 Å². The summed E-state index contributed by atoms with van der Waals surface area (Å²) in [6.45, 7) is 0. The van der Waals surface area contributed by atoms with Gasteiger partial charge in [-0.1, -0.05) is 15.9 Å². The Bertz CT molecular complexity index is 364. The number of nitrogens with two attached hydrogens (primary N) is 1. The molecule has 0 aliphatic carbocycles. The molecule has 13 heavy (non-hydrogen) atoms. The first-order valence-electron chi connectivity index (χ1n) is 3.42. The van der Waals surface area contributed by atoms with Crippen LogP contribution < -0.4 is 11.3 Å². The number of rotatable bonds is 2. The molecule has 1 rings (SSSR count). The minimum Gasteiger partial charge on any atom is -0.398 e. The molecule has 0 aliphatic heterocycles. The van der Waals surface area contributed by atoms with Gasteiger partial charge in [-0.05, 0) is 0 Å². The number of pyridine rings is 1. The highest BCUT2D eigenvalue weighted by Gasteiger charge is 2.15. The van der Waals surface area contributed by atoms with Crippen molar-refractivity contribution in [3.63, 3.8) is 0 Å². The van der Waals surface area contributed by atoms with Gasteiger partial charge in [0.15, 0.2) is 0 Å². The summed E-state index contributed by atoms with van der Waals surface area (Å²) in [5, 5.41) is 0.190. The van der Waals surface area contributed by atoms with Gasteiger partial charge in [-0.2, -0.15) is 0 Å². The largest absolute Gasteiger partial charge is 0.398 e. The van der Waals surface area contributed by atoms with E-state index in [1.54, 1.807) is 0 Å². The summed E-state index contributed by atoms with van der Waals surface area (Å²) in [6, 6.07) is 1.09. The van der Waals surface area contributed by atoms with Crippen LogP contribution in [0.15, 0.2) is 10.9 Å². The zero-order chi connectivity index (χ0) is 10.0. The van der Waals surface area contributed by atoms with Crippen LogP contribution in [0.1, 0.15) is 17.7 Å². The fraction of sp³-hybridized carbons (Fsp3) is 0.286. The second kappa shape index (κ2) is 3.87. The van der Waals surface area contributed by atoms with Crippen molar-refractivity contribution < 1.29 is 8.78 Å². The van der Waals surface area contributed by atoms with Gasteiger partial charge >= 0.3 is 0 Å². The molecule has 1 aromatic heterocycles. The van der Waals surface area contributed by atoms with Gasteiger partial charge in [0.2, 0.25) is 5.56 Å². The van der Waals surface area contributed by atoms with Crippen LogP contribution in [0.3, 0.4) is 0 Å². The van der Waals surface area contributed by atoms with Crippen LogP contribution in [-0.2, 0) is 5.33 Å². The van der Waals surface area contributed by atoms with E-state index in [-0.39, 0.29) is 16.6 Å². The molecule has 72 valence electrons. The topological polar surface area (TPSA) is 58.9 Å². The Balaban J connectivity index is 3.38. The van der Waals surface area contributed by atoms with Gasteiger partial charge in [-0.25, -0.2) is 8.78 Å². The molecule has 0 atom stereocenters. The lowest BCUT2D eigenvalue weighted by Gasteiger charge is -2.07. The number of H-pyrrole nitrogens is 1. The number of nitrogen functional groups attached to an aromatic ring is 1. The van der Waals surface area contributed by atoms with E-state index in [1.807, 2.05) is 0 Å². The van der Waals surface area contributed by atoms with Gasteiger partial charge in [0.1, 0.15) is 0 Å². The number of alkyl halides is 3. The molecule has 6 heteroatoms. The lowest BCUT2D eigenvalue weighted by molar-refractivity contribution is 0.145. The molecule has 0 unspecified atom stereocenters. The Labute approximate surface area is 81.1 Å². The Kier molecular flexibility index (Phi) is 3.02. The summed E-state index contributed by atoms with van der Waals surface area (Å²) in [7, 11) is 0. The molecule has 0 amide bonds. The number of hydrogen-bond acceptors (Lipinski definition) is 2. The molecule has 3 nitrogen and oxygen atoms in total. The van der Waals surface area contributed by atoms with Crippen LogP contribution >= 0.6 is 15.9 Å². The van der Waals surface area contributed by atoms with Crippen molar-refractivity contribution in [1.29, 1.82) is 0 Å². The molecule has 0 aliphatic rings. The van der Waals surface area contributed by atoms with Crippen molar-refractivity contribution in [3.05, 3.63) is 27.7 Å². The predicted octanol–water partition coefficient (Wildman–Crippen LogP) is 1.79. The maximum absolute atomic E-state index is 12.3. The summed E-state index contributed by atoms with van der Waals surface area (Å²) in [5.74, 6) is 0. The average molecular weight is 253 g/mol. The fourth-order valence-corrected chi connectivity index (χ4v) is 1.59. The molecule has 0 saturated heterocycles. The second-order valence-electron chi connectivity index (χ2n) is 2.42. The van der Waals surface area contributed by atoms with Crippen LogP contribution in [0.4, 0.5) is 14.5 Å². The highest BCUT2D eigenvalue weighted by Crippen LogP contribution is 2.24. The monoisotopic (exact) mass is 252 g/mol. The van der Waals surface area contributed by atoms with E-state index in [0.29, 0.717) is 0 Å². The smallest absolute Gasteiger partial charge is 0.278 e. The first kappa shape index (κ1) is 10.2. The standard InChI is InChI=1S/C7H7BrF2N2O/c8-2-3-4(11)1-5(13)12-6(3)7(9)10/h1,7H,2H2,(H3,11,12,13). The minimum atomic E-state index is -2.72. The number of hydrogen-bond donors (Lipinski definition) is 2. The summed E-state index contributed by atoms with van der Waals surface area (Å²) >= 11 is 3.02. The van der Waals surface area contributed by atoms with Gasteiger partial charge in [-0.15, -0.1) is 0 Å². The third-order valence-electron chi connectivity index (χ3n) is 1.57. The molecule has 1 aromatic rings. The Morgan fingerprint density at radius 3 is 2.69 bits per heavy atom. The molecule has 0 fully saturated rings. The van der Waals surface area contributed by atoms with Gasteiger partial charge in [0, 0.05) is 22.6 Å². The fourth-order valence-electron chi connectivity index (χ4n) is 0.964. The number of nitrogens with one attached hydrogen (secondary N) is 1. The summed E-state index contributed by atoms with van der Waals surface area (Å²) in [4.78, 5) is 12.9. The molecular weight excluding hydrogens is 246 g/mol.